The fraction of sp³-hybridized carbons (Fsp3) is 0. The lowest BCUT2D eigenvalue weighted by molar-refractivity contribution is 0.672. The van der Waals surface area contributed by atoms with Gasteiger partial charge < -0.3 is 4.42 Å². The van der Waals surface area contributed by atoms with Gasteiger partial charge in [-0.15, -0.1) is 0 Å². The zero-order valence-electron chi connectivity index (χ0n) is 30.8. The molecule has 0 atom stereocenters. The minimum absolute atomic E-state index is 0.685. The van der Waals surface area contributed by atoms with Crippen LogP contribution in [0.15, 0.2) is 205 Å². The maximum Gasteiger partial charge on any atom is 0.160 e. The van der Waals surface area contributed by atoms with E-state index in [9.17, 15) is 0 Å². The van der Waals surface area contributed by atoms with E-state index < -0.39 is 0 Å². The van der Waals surface area contributed by atoms with Crippen molar-refractivity contribution >= 4 is 43.6 Å². The molecule has 57 heavy (non-hydrogen) atoms. The highest BCUT2D eigenvalue weighted by molar-refractivity contribution is 6.19. The van der Waals surface area contributed by atoms with E-state index in [1.807, 2.05) is 48.5 Å². The molecule has 0 unspecified atom stereocenters. The molecule has 0 aliphatic carbocycles. The zero-order chi connectivity index (χ0) is 37.7. The SMILES string of the molecule is c1ccc(-c2cc(-c3ccccc3)nc(-c3ccc(-c4ccc5c(c4)nc(-c4ccc(-c6cccc7ccccc67)cc4)c4c6ccccc6oc54)cc3)n2)cc1. The Bertz CT molecular complexity index is 3200. The molecule has 0 radical (unpaired) electrons. The third-order valence-corrected chi connectivity index (χ3v) is 10.9. The molecule has 0 saturated heterocycles. The summed E-state index contributed by atoms with van der Waals surface area (Å²) in [6.45, 7) is 0. The summed E-state index contributed by atoms with van der Waals surface area (Å²) < 4.78 is 6.61. The second kappa shape index (κ2) is 13.6. The molecule has 4 nitrogen and oxygen atoms in total. The minimum Gasteiger partial charge on any atom is -0.455 e. The average Bonchev–Trinajstić information content (AvgIpc) is 3.69. The Hall–Kier alpha value is -7.69. The van der Waals surface area contributed by atoms with Crippen LogP contribution in [0.3, 0.4) is 0 Å². The Balaban J connectivity index is 0.999. The van der Waals surface area contributed by atoms with Gasteiger partial charge in [0.15, 0.2) is 5.82 Å². The maximum absolute atomic E-state index is 6.61. The molecule has 266 valence electrons. The molecular weight excluding hydrogens is 695 g/mol. The summed E-state index contributed by atoms with van der Waals surface area (Å²) in [6.07, 6.45) is 0. The van der Waals surface area contributed by atoms with Gasteiger partial charge >= 0.3 is 0 Å². The molecule has 0 amide bonds. The molecule has 0 spiro atoms. The van der Waals surface area contributed by atoms with Gasteiger partial charge in [-0.25, -0.2) is 15.0 Å². The molecule has 0 aliphatic rings. The summed E-state index contributed by atoms with van der Waals surface area (Å²) in [5, 5.41) is 5.54. The smallest absolute Gasteiger partial charge is 0.160 e. The van der Waals surface area contributed by atoms with E-state index in [4.69, 9.17) is 19.4 Å². The Labute approximate surface area is 329 Å². The first kappa shape index (κ1) is 32.7. The highest BCUT2D eigenvalue weighted by Gasteiger charge is 2.19. The van der Waals surface area contributed by atoms with Gasteiger partial charge in [-0.05, 0) is 57.3 Å². The van der Waals surface area contributed by atoms with Crippen molar-refractivity contribution in [2.75, 3.05) is 0 Å². The Morgan fingerprint density at radius 2 is 0.930 bits per heavy atom. The predicted octanol–water partition coefficient (Wildman–Crippen LogP) is 14.1. The number of hydrogen-bond donors (Lipinski definition) is 0. The van der Waals surface area contributed by atoms with Crippen LogP contribution < -0.4 is 0 Å². The monoisotopic (exact) mass is 727 g/mol. The molecule has 0 saturated carbocycles. The lowest BCUT2D eigenvalue weighted by Crippen LogP contribution is -1.96. The van der Waals surface area contributed by atoms with Crippen LogP contribution in [0.1, 0.15) is 0 Å². The van der Waals surface area contributed by atoms with E-state index in [1.54, 1.807) is 0 Å². The van der Waals surface area contributed by atoms with Gasteiger partial charge in [0.2, 0.25) is 0 Å². The highest BCUT2D eigenvalue weighted by atomic mass is 16.3. The van der Waals surface area contributed by atoms with E-state index in [1.165, 1.54) is 21.9 Å². The van der Waals surface area contributed by atoms with Crippen LogP contribution in [0.5, 0.6) is 0 Å². The van der Waals surface area contributed by atoms with Crippen molar-refractivity contribution < 1.29 is 4.42 Å². The lowest BCUT2D eigenvalue weighted by Gasteiger charge is -2.11. The first-order valence-electron chi connectivity index (χ1n) is 19.2. The molecule has 0 aliphatic heterocycles. The normalized spacial score (nSPS) is 11.5. The van der Waals surface area contributed by atoms with Crippen LogP contribution in [-0.2, 0) is 0 Å². The Morgan fingerprint density at radius 1 is 0.351 bits per heavy atom. The van der Waals surface area contributed by atoms with Crippen molar-refractivity contribution in [1.82, 2.24) is 15.0 Å². The fourth-order valence-electron chi connectivity index (χ4n) is 8.04. The van der Waals surface area contributed by atoms with Crippen molar-refractivity contribution in [3.63, 3.8) is 0 Å². The molecule has 3 heterocycles. The van der Waals surface area contributed by atoms with Crippen LogP contribution in [0.4, 0.5) is 0 Å². The standard InChI is InChI=1S/C53H33N3O/c1-3-13-37(14-4-1)46-33-47(38-15-5-2-6-16-38)56-53(55-46)40-28-22-34(23-29-40)41-30-31-44-48(32-41)54-51(50-45-19-9-10-21-49(45)57-52(44)50)39-26-24-36(25-27-39)43-20-11-17-35-12-7-8-18-42(35)43/h1-33H. The van der Waals surface area contributed by atoms with Crippen LogP contribution in [0.2, 0.25) is 0 Å². The molecule has 8 aromatic carbocycles. The number of benzene rings is 8. The summed E-state index contributed by atoms with van der Waals surface area (Å²) in [5.74, 6) is 0.685. The van der Waals surface area contributed by atoms with Crippen molar-refractivity contribution in [3.05, 3.63) is 200 Å². The van der Waals surface area contributed by atoms with Gasteiger partial charge in [0.1, 0.15) is 11.2 Å². The number of pyridine rings is 1. The van der Waals surface area contributed by atoms with E-state index in [0.29, 0.717) is 5.82 Å². The van der Waals surface area contributed by atoms with Crippen LogP contribution in [0.25, 0.3) is 111 Å². The fourth-order valence-corrected chi connectivity index (χ4v) is 8.04. The van der Waals surface area contributed by atoms with Gasteiger partial charge in [0.25, 0.3) is 0 Å². The number of hydrogen-bond acceptors (Lipinski definition) is 4. The number of fused-ring (bicyclic) bond motifs is 6. The molecule has 3 aromatic heterocycles. The molecule has 0 fully saturated rings. The zero-order valence-corrected chi connectivity index (χ0v) is 30.8. The van der Waals surface area contributed by atoms with Gasteiger partial charge in [0, 0.05) is 33.0 Å². The van der Waals surface area contributed by atoms with Gasteiger partial charge in [-0.3, -0.25) is 0 Å². The molecule has 0 N–H and O–H groups in total. The van der Waals surface area contributed by atoms with E-state index >= 15 is 0 Å². The third kappa shape index (κ3) is 5.83. The average molecular weight is 728 g/mol. The number of furan rings is 1. The summed E-state index contributed by atoms with van der Waals surface area (Å²) in [5.41, 5.74) is 13.9. The van der Waals surface area contributed by atoms with E-state index in [0.717, 1.165) is 83.3 Å². The first-order chi connectivity index (χ1) is 28.2. The minimum atomic E-state index is 0.685. The van der Waals surface area contributed by atoms with Gasteiger partial charge in [-0.2, -0.15) is 0 Å². The highest BCUT2D eigenvalue weighted by Crippen LogP contribution is 2.41. The molecule has 11 rings (SSSR count). The Kier molecular flexibility index (Phi) is 7.78. The topological polar surface area (TPSA) is 51.8 Å². The second-order valence-corrected chi connectivity index (χ2v) is 14.4. The summed E-state index contributed by atoms with van der Waals surface area (Å²) in [4.78, 5) is 15.5. The number of rotatable bonds is 6. The maximum atomic E-state index is 6.61. The van der Waals surface area contributed by atoms with Crippen molar-refractivity contribution in [1.29, 1.82) is 0 Å². The second-order valence-electron chi connectivity index (χ2n) is 14.4. The summed E-state index contributed by atoms with van der Waals surface area (Å²) in [7, 11) is 0. The molecule has 4 heteroatoms. The summed E-state index contributed by atoms with van der Waals surface area (Å²) >= 11 is 0. The molecular formula is C53H33N3O. The lowest BCUT2D eigenvalue weighted by atomic mass is 9.96. The number of para-hydroxylation sites is 1. The van der Waals surface area contributed by atoms with Gasteiger partial charge in [-0.1, -0.05) is 176 Å². The van der Waals surface area contributed by atoms with Gasteiger partial charge in [0.05, 0.1) is 28.0 Å². The van der Waals surface area contributed by atoms with Crippen LogP contribution >= 0.6 is 0 Å². The Morgan fingerprint density at radius 3 is 1.67 bits per heavy atom. The largest absolute Gasteiger partial charge is 0.455 e. The number of aromatic nitrogens is 3. The predicted molar refractivity (Wildman–Crippen MR) is 235 cm³/mol. The van der Waals surface area contributed by atoms with E-state index in [-0.39, 0.29) is 0 Å². The summed E-state index contributed by atoms with van der Waals surface area (Å²) in [6, 6.07) is 69.6. The van der Waals surface area contributed by atoms with Crippen molar-refractivity contribution in [3.8, 4) is 67.4 Å². The number of nitrogens with zero attached hydrogens (tertiary/aromatic N) is 3. The molecule has 0 bridgehead atoms. The quantitative estimate of drug-likeness (QED) is 0.171. The third-order valence-electron chi connectivity index (χ3n) is 10.9. The van der Waals surface area contributed by atoms with E-state index in [2.05, 4.69) is 152 Å². The van der Waals surface area contributed by atoms with Crippen LogP contribution in [-0.4, -0.2) is 15.0 Å². The molecule has 11 aromatic rings. The van der Waals surface area contributed by atoms with Crippen LogP contribution in [0, 0.1) is 0 Å². The van der Waals surface area contributed by atoms with Crippen molar-refractivity contribution in [2.24, 2.45) is 0 Å². The van der Waals surface area contributed by atoms with Crippen molar-refractivity contribution in [2.45, 2.75) is 0 Å². The first-order valence-corrected chi connectivity index (χ1v) is 19.2.